The van der Waals surface area contributed by atoms with Crippen molar-refractivity contribution < 1.29 is 9.53 Å². The molecule has 2 aromatic rings. The van der Waals surface area contributed by atoms with E-state index in [2.05, 4.69) is 20.6 Å². The van der Waals surface area contributed by atoms with E-state index >= 15 is 0 Å². The van der Waals surface area contributed by atoms with E-state index in [9.17, 15) is 4.79 Å². The largest absolute Gasteiger partial charge is 0.462 e. The van der Waals surface area contributed by atoms with Crippen LogP contribution in [0.3, 0.4) is 0 Å². The highest BCUT2D eigenvalue weighted by atomic mass is 32.1. The summed E-state index contributed by atoms with van der Waals surface area (Å²) in [5.74, 6) is 0.211. The third kappa shape index (κ3) is 4.50. The van der Waals surface area contributed by atoms with Crippen molar-refractivity contribution in [2.75, 3.05) is 17.2 Å². The lowest BCUT2D eigenvalue weighted by atomic mass is 10.2. The van der Waals surface area contributed by atoms with E-state index in [1.807, 2.05) is 0 Å². The summed E-state index contributed by atoms with van der Waals surface area (Å²) in [6, 6.07) is 6.84. The third-order valence-corrected chi connectivity index (χ3v) is 2.66. The summed E-state index contributed by atoms with van der Waals surface area (Å²) in [4.78, 5) is 19.5. The monoisotopic (exact) mass is 302 g/mol. The summed E-state index contributed by atoms with van der Waals surface area (Å²) < 4.78 is 4.92. The minimum absolute atomic E-state index is 0.343. The third-order valence-electron chi connectivity index (χ3n) is 2.46. The van der Waals surface area contributed by atoms with Crippen LogP contribution in [-0.2, 0) is 4.74 Å². The average molecular weight is 302 g/mol. The fourth-order valence-electron chi connectivity index (χ4n) is 1.55. The molecule has 0 aliphatic heterocycles. The number of anilines is 2. The van der Waals surface area contributed by atoms with Crippen molar-refractivity contribution in [2.45, 2.75) is 6.92 Å². The van der Waals surface area contributed by atoms with E-state index in [0.717, 1.165) is 5.69 Å². The van der Waals surface area contributed by atoms with Gasteiger partial charge in [0.15, 0.2) is 10.9 Å². The lowest BCUT2D eigenvalue weighted by Crippen LogP contribution is -2.19. The minimum Gasteiger partial charge on any atom is -0.462 e. The summed E-state index contributed by atoms with van der Waals surface area (Å²) in [7, 11) is 0. The van der Waals surface area contributed by atoms with Crippen LogP contribution in [0.1, 0.15) is 17.3 Å². The van der Waals surface area contributed by atoms with Crippen LogP contribution in [0.25, 0.3) is 0 Å². The summed E-state index contributed by atoms with van der Waals surface area (Å²) in [5, 5.41) is 6.28. The Hall–Kier alpha value is -2.54. The molecule has 0 spiro atoms. The Bertz CT molecular complexity index is 617. The molecule has 2 rings (SSSR count). The van der Waals surface area contributed by atoms with E-state index in [1.165, 1.54) is 0 Å². The fourth-order valence-corrected chi connectivity index (χ4v) is 1.77. The van der Waals surface area contributed by atoms with Crippen LogP contribution >= 0.6 is 12.2 Å². The van der Waals surface area contributed by atoms with Crippen molar-refractivity contribution in [1.82, 2.24) is 9.97 Å². The predicted molar refractivity (Wildman–Crippen MR) is 84.3 cm³/mol. The van der Waals surface area contributed by atoms with Gasteiger partial charge in [0.1, 0.15) is 0 Å². The van der Waals surface area contributed by atoms with Gasteiger partial charge in [-0.2, -0.15) is 0 Å². The second-order valence-electron chi connectivity index (χ2n) is 3.97. The number of hydrogen-bond donors (Lipinski definition) is 2. The summed E-state index contributed by atoms with van der Waals surface area (Å²) in [5.41, 5.74) is 1.25. The van der Waals surface area contributed by atoms with Gasteiger partial charge in [-0.15, -0.1) is 0 Å². The zero-order chi connectivity index (χ0) is 15.1. The van der Waals surface area contributed by atoms with Crippen molar-refractivity contribution >= 4 is 34.8 Å². The molecule has 108 valence electrons. The summed E-state index contributed by atoms with van der Waals surface area (Å²) in [6.45, 7) is 2.12. The Kier molecular flexibility index (Phi) is 5.16. The van der Waals surface area contributed by atoms with Gasteiger partial charge in [0.2, 0.25) is 0 Å². The Morgan fingerprint density at radius 3 is 2.62 bits per heavy atom. The van der Waals surface area contributed by atoms with E-state index in [4.69, 9.17) is 17.0 Å². The van der Waals surface area contributed by atoms with Crippen molar-refractivity contribution in [3.8, 4) is 0 Å². The maximum Gasteiger partial charge on any atom is 0.338 e. The van der Waals surface area contributed by atoms with Gasteiger partial charge in [0.05, 0.1) is 18.4 Å². The van der Waals surface area contributed by atoms with Crippen LogP contribution in [0.5, 0.6) is 0 Å². The maximum absolute atomic E-state index is 11.5. The highest BCUT2D eigenvalue weighted by Gasteiger charge is 2.06. The molecule has 7 heteroatoms. The number of nitrogens with one attached hydrogen (secondary N) is 2. The second kappa shape index (κ2) is 7.30. The van der Waals surface area contributed by atoms with Crippen molar-refractivity contribution in [1.29, 1.82) is 0 Å². The number of carbonyl (C=O) groups is 1. The number of benzene rings is 1. The quantitative estimate of drug-likeness (QED) is 0.663. The topological polar surface area (TPSA) is 76.1 Å². The molecule has 0 saturated carbocycles. The molecule has 0 saturated heterocycles. The molecule has 1 heterocycles. The first-order valence-electron chi connectivity index (χ1n) is 6.30. The van der Waals surface area contributed by atoms with Crippen LogP contribution < -0.4 is 10.6 Å². The zero-order valence-electron chi connectivity index (χ0n) is 11.4. The number of thiocarbonyl (C=S) groups is 1. The zero-order valence-corrected chi connectivity index (χ0v) is 12.2. The van der Waals surface area contributed by atoms with Crippen LogP contribution in [0.15, 0.2) is 42.9 Å². The first-order chi connectivity index (χ1) is 10.2. The molecule has 0 atom stereocenters. The highest BCUT2D eigenvalue weighted by Crippen LogP contribution is 2.11. The molecule has 2 N–H and O–H groups in total. The van der Waals surface area contributed by atoms with Crippen molar-refractivity contribution in [2.24, 2.45) is 0 Å². The Balaban J connectivity index is 1.94. The Labute approximate surface area is 127 Å². The number of nitrogens with zero attached hydrogens (tertiary/aromatic N) is 2. The smallest absolute Gasteiger partial charge is 0.338 e. The molecule has 0 aliphatic rings. The molecule has 0 fully saturated rings. The first kappa shape index (κ1) is 14.9. The van der Waals surface area contributed by atoms with Gasteiger partial charge >= 0.3 is 5.97 Å². The van der Waals surface area contributed by atoms with Gasteiger partial charge in [0.25, 0.3) is 0 Å². The SMILES string of the molecule is CCOC(=O)c1ccc(NC(=S)Nc2cnccn2)cc1. The molecule has 1 aromatic carbocycles. The normalized spacial score (nSPS) is 9.76. The molecule has 1 aromatic heterocycles. The van der Waals surface area contributed by atoms with Gasteiger partial charge in [-0.3, -0.25) is 4.98 Å². The van der Waals surface area contributed by atoms with E-state index in [-0.39, 0.29) is 5.97 Å². The Morgan fingerprint density at radius 1 is 1.24 bits per heavy atom. The highest BCUT2D eigenvalue weighted by molar-refractivity contribution is 7.80. The number of carbonyl (C=O) groups excluding carboxylic acids is 1. The predicted octanol–water partition coefficient (Wildman–Crippen LogP) is 2.46. The van der Waals surface area contributed by atoms with Crippen LogP contribution in [0.2, 0.25) is 0 Å². The molecule has 6 nitrogen and oxygen atoms in total. The number of aromatic nitrogens is 2. The van der Waals surface area contributed by atoms with Crippen molar-refractivity contribution in [3.63, 3.8) is 0 Å². The molecular formula is C14H14N4O2S. The van der Waals surface area contributed by atoms with E-state index in [0.29, 0.717) is 23.1 Å². The Morgan fingerprint density at radius 2 is 2.00 bits per heavy atom. The lowest BCUT2D eigenvalue weighted by Gasteiger charge is -2.10. The average Bonchev–Trinajstić information content (AvgIpc) is 2.49. The molecule has 0 aliphatic carbocycles. The number of hydrogen-bond acceptors (Lipinski definition) is 5. The van der Waals surface area contributed by atoms with Gasteiger partial charge in [-0.05, 0) is 43.4 Å². The number of rotatable bonds is 4. The molecule has 0 amide bonds. The number of esters is 1. The molecular weight excluding hydrogens is 288 g/mol. The van der Waals surface area contributed by atoms with Gasteiger partial charge in [0, 0.05) is 18.1 Å². The lowest BCUT2D eigenvalue weighted by molar-refractivity contribution is 0.0526. The van der Waals surface area contributed by atoms with Gasteiger partial charge < -0.3 is 15.4 Å². The van der Waals surface area contributed by atoms with Gasteiger partial charge in [-0.1, -0.05) is 0 Å². The molecule has 0 radical (unpaired) electrons. The maximum atomic E-state index is 11.5. The fraction of sp³-hybridized carbons (Fsp3) is 0.143. The summed E-state index contributed by atoms with van der Waals surface area (Å²) in [6.07, 6.45) is 4.71. The number of ether oxygens (including phenoxy) is 1. The molecule has 0 bridgehead atoms. The minimum atomic E-state index is -0.343. The summed E-state index contributed by atoms with van der Waals surface area (Å²) >= 11 is 5.16. The second-order valence-corrected chi connectivity index (χ2v) is 4.38. The molecule has 0 unspecified atom stereocenters. The van der Waals surface area contributed by atoms with Crippen LogP contribution in [-0.4, -0.2) is 27.7 Å². The van der Waals surface area contributed by atoms with Crippen LogP contribution in [0, 0.1) is 0 Å². The first-order valence-corrected chi connectivity index (χ1v) is 6.71. The standard InChI is InChI=1S/C14H14N4O2S/c1-2-20-13(19)10-3-5-11(6-4-10)17-14(21)18-12-9-15-7-8-16-12/h3-9H,2H2,1H3,(H2,16,17,18,21). The van der Waals surface area contributed by atoms with E-state index < -0.39 is 0 Å². The van der Waals surface area contributed by atoms with Gasteiger partial charge in [-0.25, -0.2) is 9.78 Å². The van der Waals surface area contributed by atoms with E-state index in [1.54, 1.807) is 49.8 Å². The van der Waals surface area contributed by atoms with Crippen LogP contribution in [0.4, 0.5) is 11.5 Å². The molecule has 21 heavy (non-hydrogen) atoms. The van der Waals surface area contributed by atoms with Crippen molar-refractivity contribution in [3.05, 3.63) is 48.4 Å².